The summed E-state index contributed by atoms with van der Waals surface area (Å²) in [6, 6.07) is 16.7. The maximum atomic E-state index is 13.3. The smallest absolute Gasteiger partial charge is 0.269 e. The topological polar surface area (TPSA) is 84.5 Å². The molecule has 0 radical (unpaired) electrons. The third-order valence-electron chi connectivity index (χ3n) is 5.99. The van der Waals surface area contributed by atoms with E-state index in [1.54, 1.807) is 12.1 Å². The Morgan fingerprint density at radius 1 is 1.00 bits per heavy atom. The lowest BCUT2D eigenvalue weighted by molar-refractivity contribution is -0.384. The lowest BCUT2D eigenvalue weighted by atomic mass is 10.2. The monoisotopic (exact) mass is 461 g/mol. The first-order valence-corrected chi connectivity index (χ1v) is 11.6. The van der Waals surface area contributed by atoms with Gasteiger partial charge in [-0.25, -0.2) is 4.68 Å². The van der Waals surface area contributed by atoms with Gasteiger partial charge in [0, 0.05) is 49.4 Å². The largest absolute Gasteiger partial charge is 0.368 e. The van der Waals surface area contributed by atoms with E-state index in [4.69, 9.17) is 0 Å². The quantitative estimate of drug-likeness (QED) is 0.328. The third-order valence-corrected chi connectivity index (χ3v) is 7.09. The summed E-state index contributed by atoms with van der Waals surface area (Å²) in [5.41, 5.74) is 4.07. The lowest BCUT2D eigenvalue weighted by Gasteiger charge is -2.35. The first kappa shape index (κ1) is 21.1. The fourth-order valence-corrected chi connectivity index (χ4v) is 5.35. The number of carbonyl (C=O) groups excluding carboxylic acids is 1. The van der Waals surface area contributed by atoms with E-state index in [1.165, 1.54) is 23.5 Å². The molecule has 0 spiro atoms. The van der Waals surface area contributed by atoms with Crippen molar-refractivity contribution in [3.05, 3.63) is 80.8 Å². The van der Waals surface area contributed by atoms with Gasteiger partial charge in [0.25, 0.3) is 11.6 Å². The second kappa shape index (κ2) is 8.32. The zero-order valence-corrected chi connectivity index (χ0v) is 19.2. The number of nitro groups is 1. The normalized spacial score (nSPS) is 14.1. The van der Waals surface area contributed by atoms with Crippen molar-refractivity contribution < 1.29 is 9.72 Å². The van der Waals surface area contributed by atoms with Crippen molar-refractivity contribution in [2.45, 2.75) is 13.8 Å². The minimum Gasteiger partial charge on any atom is -0.368 e. The molecule has 0 aliphatic carbocycles. The van der Waals surface area contributed by atoms with E-state index in [2.05, 4.69) is 29.1 Å². The van der Waals surface area contributed by atoms with Crippen LogP contribution in [-0.4, -0.2) is 51.7 Å². The van der Waals surface area contributed by atoms with Gasteiger partial charge in [-0.15, -0.1) is 11.3 Å². The van der Waals surface area contributed by atoms with Gasteiger partial charge in [0.2, 0.25) is 0 Å². The molecule has 0 bridgehead atoms. The Kier molecular flexibility index (Phi) is 5.33. The third kappa shape index (κ3) is 3.95. The van der Waals surface area contributed by atoms with Crippen LogP contribution in [-0.2, 0) is 0 Å². The van der Waals surface area contributed by atoms with Crippen molar-refractivity contribution in [1.29, 1.82) is 0 Å². The van der Waals surface area contributed by atoms with Crippen LogP contribution in [0.1, 0.15) is 20.9 Å². The van der Waals surface area contributed by atoms with Crippen molar-refractivity contribution in [3.63, 3.8) is 0 Å². The van der Waals surface area contributed by atoms with Gasteiger partial charge in [-0.3, -0.25) is 14.9 Å². The summed E-state index contributed by atoms with van der Waals surface area (Å²) in [5, 5.41) is 16.6. The van der Waals surface area contributed by atoms with Gasteiger partial charge >= 0.3 is 0 Å². The molecule has 0 atom stereocenters. The van der Waals surface area contributed by atoms with Crippen LogP contribution >= 0.6 is 11.3 Å². The fourth-order valence-electron chi connectivity index (χ4n) is 4.20. The molecule has 0 unspecified atom stereocenters. The van der Waals surface area contributed by atoms with Gasteiger partial charge in [0.1, 0.15) is 4.83 Å². The number of non-ortho nitro benzene ring substituents is 1. The predicted molar refractivity (Wildman–Crippen MR) is 130 cm³/mol. The number of fused-ring (bicyclic) bond motifs is 1. The number of piperazine rings is 1. The molecule has 1 fully saturated rings. The van der Waals surface area contributed by atoms with E-state index in [-0.39, 0.29) is 11.6 Å². The van der Waals surface area contributed by atoms with E-state index in [9.17, 15) is 14.9 Å². The number of thiophene rings is 1. The van der Waals surface area contributed by atoms with E-state index in [1.807, 2.05) is 34.7 Å². The Morgan fingerprint density at radius 2 is 1.73 bits per heavy atom. The minimum atomic E-state index is -0.398. The average Bonchev–Trinajstić information content (AvgIpc) is 3.39. The van der Waals surface area contributed by atoms with Crippen LogP contribution in [0.2, 0.25) is 0 Å². The van der Waals surface area contributed by atoms with Crippen LogP contribution in [0.4, 0.5) is 11.4 Å². The summed E-state index contributed by atoms with van der Waals surface area (Å²) in [6.45, 7) is 6.60. The number of aromatic nitrogens is 2. The van der Waals surface area contributed by atoms with Crippen molar-refractivity contribution >= 4 is 38.8 Å². The molecule has 33 heavy (non-hydrogen) atoms. The number of aryl methyl sites for hydroxylation is 2. The maximum absolute atomic E-state index is 13.3. The zero-order chi connectivity index (χ0) is 23.1. The SMILES string of the molecule is Cc1cccc(-n2nc(C)c3cc(C(=O)N4CCN(c5ccc([N+](=O)[O-])cc5)CC4)sc32)c1. The van der Waals surface area contributed by atoms with Gasteiger partial charge in [-0.05, 0) is 49.7 Å². The molecule has 2 aromatic heterocycles. The molecule has 8 nitrogen and oxygen atoms in total. The van der Waals surface area contributed by atoms with Gasteiger partial charge in [0.05, 0.1) is 21.2 Å². The second-order valence-corrected chi connectivity index (χ2v) is 9.25. The summed E-state index contributed by atoms with van der Waals surface area (Å²) in [7, 11) is 0. The Morgan fingerprint density at radius 3 is 2.39 bits per heavy atom. The maximum Gasteiger partial charge on any atom is 0.269 e. The van der Waals surface area contributed by atoms with Gasteiger partial charge in [-0.2, -0.15) is 5.10 Å². The van der Waals surface area contributed by atoms with Gasteiger partial charge in [-0.1, -0.05) is 12.1 Å². The number of hydrogen-bond donors (Lipinski definition) is 0. The summed E-state index contributed by atoms with van der Waals surface area (Å²) >= 11 is 1.48. The molecule has 1 aliphatic rings. The molecule has 4 aromatic rings. The van der Waals surface area contributed by atoms with E-state index >= 15 is 0 Å². The van der Waals surface area contributed by atoms with Crippen LogP contribution in [0.15, 0.2) is 54.6 Å². The molecule has 0 N–H and O–H groups in total. The molecule has 0 saturated carbocycles. The predicted octanol–water partition coefficient (Wildman–Crippen LogP) is 4.57. The number of carbonyl (C=O) groups is 1. The van der Waals surface area contributed by atoms with Crippen molar-refractivity contribution in [3.8, 4) is 5.69 Å². The second-order valence-electron chi connectivity index (χ2n) is 8.22. The molecule has 1 aliphatic heterocycles. The highest BCUT2D eigenvalue weighted by Crippen LogP contribution is 2.31. The Bertz CT molecular complexity index is 1350. The van der Waals surface area contributed by atoms with Crippen LogP contribution in [0.25, 0.3) is 15.9 Å². The van der Waals surface area contributed by atoms with Crippen LogP contribution < -0.4 is 4.90 Å². The Balaban J connectivity index is 1.32. The Hall–Kier alpha value is -3.72. The molecule has 3 heterocycles. The summed E-state index contributed by atoms with van der Waals surface area (Å²) in [4.78, 5) is 29.5. The molecule has 2 aromatic carbocycles. The number of benzene rings is 2. The molecule has 1 amide bonds. The van der Waals surface area contributed by atoms with Crippen molar-refractivity contribution in [2.24, 2.45) is 0 Å². The highest BCUT2D eigenvalue weighted by molar-refractivity contribution is 7.20. The minimum absolute atomic E-state index is 0.0368. The van der Waals surface area contributed by atoms with Crippen molar-refractivity contribution in [1.82, 2.24) is 14.7 Å². The molecule has 9 heteroatoms. The summed E-state index contributed by atoms with van der Waals surface area (Å²) in [6.07, 6.45) is 0. The highest BCUT2D eigenvalue weighted by Gasteiger charge is 2.25. The number of amides is 1. The lowest BCUT2D eigenvalue weighted by Crippen LogP contribution is -2.48. The summed E-state index contributed by atoms with van der Waals surface area (Å²) < 4.78 is 1.92. The highest BCUT2D eigenvalue weighted by atomic mass is 32.1. The number of nitrogens with zero attached hydrogens (tertiary/aromatic N) is 5. The van der Waals surface area contributed by atoms with E-state index in [0.29, 0.717) is 26.2 Å². The number of rotatable bonds is 4. The molecule has 1 saturated heterocycles. The number of anilines is 1. The van der Waals surface area contributed by atoms with Gasteiger partial charge < -0.3 is 9.80 Å². The van der Waals surface area contributed by atoms with Crippen molar-refractivity contribution in [2.75, 3.05) is 31.1 Å². The van der Waals surface area contributed by atoms with Crippen LogP contribution in [0, 0.1) is 24.0 Å². The zero-order valence-electron chi connectivity index (χ0n) is 18.4. The van der Waals surface area contributed by atoms with Crippen LogP contribution in [0.3, 0.4) is 0 Å². The molecule has 5 rings (SSSR count). The fraction of sp³-hybridized carbons (Fsp3) is 0.250. The van der Waals surface area contributed by atoms with Gasteiger partial charge in [0.15, 0.2) is 0 Å². The standard InChI is InChI=1S/C24H23N5O3S/c1-16-4-3-5-20(14-16)28-24-21(17(2)25-28)15-22(33-24)23(30)27-12-10-26(11-13-27)18-6-8-19(9-7-18)29(31)32/h3-9,14-15H,10-13H2,1-2H3. The number of hydrogen-bond acceptors (Lipinski definition) is 6. The molecular weight excluding hydrogens is 438 g/mol. The number of nitro benzene ring substituents is 1. The molecular formula is C24H23N5O3S. The van der Waals surface area contributed by atoms with Crippen LogP contribution in [0.5, 0.6) is 0 Å². The summed E-state index contributed by atoms with van der Waals surface area (Å²) in [5.74, 6) is 0.0368. The first-order valence-electron chi connectivity index (χ1n) is 10.8. The van der Waals surface area contributed by atoms with E-state index in [0.717, 1.165) is 37.7 Å². The molecule has 168 valence electrons. The first-order chi connectivity index (χ1) is 15.9. The van der Waals surface area contributed by atoms with E-state index < -0.39 is 4.92 Å². The Labute approximate surface area is 194 Å². The average molecular weight is 462 g/mol.